The van der Waals surface area contributed by atoms with Crippen LogP contribution in [0.5, 0.6) is 11.5 Å². The Labute approximate surface area is 159 Å². The maximum absolute atomic E-state index is 13.0. The number of nitrogens with zero attached hydrogens (tertiary/aromatic N) is 2. The quantitative estimate of drug-likeness (QED) is 0.853. The Morgan fingerprint density at radius 3 is 2.64 bits per heavy atom. The van der Waals surface area contributed by atoms with Crippen molar-refractivity contribution in [1.82, 2.24) is 9.80 Å². The summed E-state index contributed by atoms with van der Waals surface area (Å²) in [5.41, 5.74) is -0.174. The van der Waals surface area contributed by atoms with Crippen LogP contribution in [0.4, 0.5) is 13.2 Å². The number of halogens is 3. The fourth-order valence-electron chi connectivity index (χ4n) is 3.81. The van der Waals surface area contributed by atoms with Gasteiger partial charge in [-0.05, 0) is 24.3 Å². The molecule has 5 nitrogen and oxygen atoms in total. The van der Waals surface area contributed by atoms with Crippen molar-refractivity contribution in [3.63, 3.8) is 0 Å². The molecule has 1 amide bonds. The van der Waals surface area contributed by atoms with Crippen molar-refractivity contribution in [3.05, 3.63) is 59.2 Å². The van der Waals surface area contributed by atoms with Crippen LogP contribution in [-0.2, 0) is 12.7 Å². The topological polar surface area (TPSA) is 53.0 Å². The molecule has 1 fully saturated rings. The largest absolute Gasteiger partial charge is 0.508 e. The van der Waals surface area contributed by atoms with E-state index in [0.717, 1.165) is 17.7 Å². The fraction of sp³-hybridized carbons (Fsp3) is 0.350. The van der Waals surface area contributed by atoms with E-state index in [4.69, 9.17) is 4.74 Å². The summed E-state index contributed by atoms with van der Waals surface area (Å²) in [6, 6.07) is 9.74. The molecule has 2 aromatic rings. The molecule has 148 valence electrons. The highest BCUT2D eigenvalue weighted by atomic mass is 19.4. The summed E-state index contributed by atoms with van der Waals surface area (Å²) in [5.74, 6) is -0.121. The van der Waals surface area contributed by atoms with E-state index < -0.39 is 17.6 Å². The van der Waals surface area contributed by atoms with E-state index in [-0.39, 0.29) is 29.2 Å². The number of alkyl halides is 3. The van der Waals surface area contributed by atoms with Crippen LogP contribution in [0.25, 0.3) is 0 Å². The van der Waals surface area contributed by atoms with Gasteiger partial charge in [0.2, 0.25) is 0 Å². The van der Waals surface area contributed by atoms with Gasteiger partial charge in [0.25, 0.3) is 5.91 Å². The van der Waals surface area contributed by atoms with Gasteiger partial charge in [0.15, 0.2) is 0 Å². The molecule has 1 saturated heterocycles. The number of hydrogen-bond donors (Lipinski definition) is 1. The lowest BCUT2D eigenvalue weighted by Gasteiger charge is -2.25. The molecule has 0 aromatic heterocycles. The number of aromatic hydroxyl groups is 1. The number of carbonyl (C=O) groups is 1. The Hall–Kier alpha value is -2.74. The Balaban J connectivity index is 1.59. The van der Waals surface area contributed by atoms with E-state index in [9.17, 15) is 23.1 Å². The summed E-state index contributed by atoms with van der Waals surface area (Å²) in [6.07, 6.45) is -4.89. The molecule has 0 radical (unpaired) electrons. The summed E-state index contributed by atoms with van der Waals surface area (Å²) in [5, 5.41) is 9.98. The third-order valence-electron chi connectivity index (χ3n) is 5.33. The van der Waals surface area contributed by atoms with Gasteiger partial charge in [0, 0.05) is 32.2 Å². The molecule has 0 aliphatic carbocycles. The smallest absolute Gasteiger partial charge is 0.416 e. The van der Waals surface area contributed by atoms with Crippen molar-refractivity contribution < 1.29 is 27.8 Å². The van der Waals surface area contributed by atoms with Crippen LogP contribution >= 0.6 is 0 Å². The molecule has 2 aliphatic heterocycles. The number of fused-ring (bicyclic) bond motifs is 2. The molecule has 0 bridgehead atoms. The number of ether oxygens (including phenoxy) is 1. The van der Waals surface area contributed by atoms with Crippen LogP contribution in [0.15, 0.2) is 42.5 Å². The average Bonchev–Trinajstić information content (AvgIpc) is 3.00. The van der Waals surface area contributed by atoms with Crippen molar-refractivity contribution in [2.75, 3.05) is 20.1 Å². The number of rotatable bonds is 2. The first-order valence-corrected chi connectivity index (χ1v) is 8.88. The van der Waals surface area contributed by atoms with Crippen molar-refractivity contribution in [3.8, 4) is 11.5 Å². The van der Waals surface area contributed by atoms with Gasteiger partial charge >= 0.3 is 6.18 Å². The molecule has 0 saturated carbocycles. The third kappa shape index (κ3) is 3.28. The first kappa shape index (κ1) is 18.6. The predicted octanol–water partition coefficient (Wildman–Crippen LogP) is 3.13. The number of amides is 1. The molecule has 28 heavy (non-hydrogen) atoms. The lowest BCUT2D eigenvalue weighted by molar-refractivity contribution is -0.137. The van der Waals surface area contributed by atoms with Crippen LogP contribution in [-0.4, -0.2) is 53.1 Å². The number of likely N-dealkylation sites (N-methyl/N-ethyl adjacent to an activating group) is 1. The molecule has 0 spiro atoms. The number of likely N-dealkylation sites (tertiary alicyclic amines) is 1. The minimum absolute atomic E-state index is 0.0704. The van der Waals surface area contributed by atoms with Gasteiger partial charge in [-0.25, -0.2) is 0 Å². The second-order valence-corrected chi connectivity index (χ2v) is 7.17. The molecule has 2 atom stereocenters. The highest BCUT2D eigenvalue weighted by molar-refractivity contribution is 5.97. The van der Waals surface area contributed by atoms with Crippen molar-refractivity contribution in [2.24, 2.45) is 0 Å². The molecule has 1 N–H and O–H groups in total. The molecular formula is C20H19F3N2O3. The zero-order valence-electron chi connectivity index (χ0n) is 15.1. The maximum atomic E-state index is 13.0. The Morgan fingerprint density at radius 2 is 1.93 bits per heavy atom. The molecule has 2 aliphatic rings. The third-order valence-corrected chi connectivity index (χ3v) is 5.33. The summed E-state index contributed by atoms with van der Waals surface area (Å²) in [7, 11) is 1.59. The Morgan fingerprint density at radius 1 is 1.18 bits per heavy atom. The summed E-state index contributed by atoms with van der Waals surface area (Å²) >= 11 is 0. The number of hydrogen-bond acceptors (Lipinski definition) is 4. The fourth-order valence-corrected chi connectivity index (χ4v) is 3.81. The van der Waals surface area contributed by atoms with Gasteiger partial charge in [-0.15, -0.1) is 0 Å². The predicted molar refractivity (Wildman–Crippen MR) is 95.1 cm³/mol. The number of carbonyl (C=O) groups excluding carboxylic acids is 1. The van der Waals surface area contributed by atoms with Crippen molar-refractivity contribution in [1.29, 1.82) is 0 Å². The lowest BCUT2D eigenvalue weighted by atomic mass is 10.1. The SMILES string of the molecule is CN1C(=O)c2cc(C(F)(F)F)ccc2OC2CN(Cc3ccccc3O)CC21. The Bertz CT molecular complexity index is 916. The number of benzene rings is 2. The summed E-state index contributed by atoms with van der Waals surface area (Å²) in [4.78, 5) is 16.3. The van der Waals surface area contributed by atoms with Crippen molar-refractivity contribution >= 4 is 5.91 Å². The number of phenolic OH excluding ortho intramolecular Hbond substituents is 1. The van der Waals surface area contributed by atoms with E-state index >= 15 is 0 Å². The minimum atomic E-state index is -4.52. The maximum Gasteiger partial charge on any atom is 0.416 e. The first-order chi connectivity index (χ1) is 13.2. The minimum Gasteiger partial charge on any atom is -0.508 e. The molecule has 8 heteroatoms. The highest BCUT2D eigenvalue weighted by Crippen LogP contribution is 2.36. The molecular weight excluding hydrogens is 373 g/mol. The normalized spacial score (nSPS) is 22.4. The van der Waals surface area contributed by atoms with Gasteiger partial charge in [-0.2, -0.15) is 13.2 Å². The van der Waals surface area contributed by atoms with E-state index in [2.05, 4.69) is 4.90 Å². The first-order valence-electron chi connectivity index (χ1n) is 8.88. The van der Waals surface area contributed by atoms with E-state index in [0.29, 0.717) is 19.6 Å². The van der Waals surface area contributed by atoms with Gasteiger partial charge in [-0.3, -0.25) is 9.69 Å². The monoisotopic (exact) mass is 392 g/mol. The second-order valence-electron chi connectivity index (χ2n) is 7.17. The number of phenols is 1. The van der Waals surface area contributed by atoms with Crippen LogP contribution in [0.3, 0.4) is 0 Å². The molecule has 4 rings (SSSR count). The number of para-hydroxylation sites is 1. The summed E-state index contributed by atoms with van der Waals surface area (Å²) in [6.45, 7) is 1.49. The van der Waals surface area contributed by atoms with Crippen LogP contribution in [0.1, 0.15) is 21.5 Å². The summed E-state index contributed by atoms with van der Waals surface area (Å²) < 4.78 is 45.0. The zero-order chi connectivity index (χ0) is 20.1. The van der Waals surface area contributed by atoms with Crippen LogP contribution in [0.2, 0.25) is 0 Å². The van der Waals surface area contributed by atoms with E-state index in [1.54, 1.807) is 19.2 Å². The Kier molecular flexibility index (Phi) is 4.45. The van der Waals surface area contributed by atoms with Crippen LogP contribution in [0, 0.1) is 0 Å². The van der Waals surface area contributed by atoms with Crippen LogP contribution < -0.4 is 4.74 Å². The van der Waals surface area contributed by atoms with Crippen molar-refractivity contribution in [2.45, 2.75) is 24.9 Å². The molecule has 2 unspecified atom stereocenters. The van der Waals surface area contributed by atoms with Gasteiger partial charge in [-0.1, -0.05) is 18.2 Å². The lowest BCUT2D eigenvalue weighted by Crippen LogP contribution is -2.44. The molecule has 2 aromatic carbocycles. The van der Waals surface area contributed by atoms with Gasteiger partial charge in [0.1, 0.15) is 17.6 Å². The average molecular weight is 392 g/mol. The highest BCUT2D eigenvalue weighted by Gasteiger charge is 2.43. The van der Waals surface area contributed by atoms with Gasteiger partial charge in [0.05, 0.1) is 17.2 Å². The van der Waals surface area contributed by atoms with E-state index in [1.165, 1.54) is 11.0 Å². The molecule has 2 heterocycles. The standard InChI is InChI=1S/C20H19F3N2O3/c1-24-15-10-25(9-12-4-2-3-5-16(12)26)11-18(15)28-17-7-6-13(20(21,22)23)8-14(17)19(24)27/h2-8,15,18,26H,9-11H2,1H3. The van der Waals surface area contributed by atoms with E-state index in [1.807, 2.05) is 12.1 Å². The van der Waals surface area contributed by atoms with Gasteiger partial charge < -0.3 is 14.7 Å². The zero-order valence-corrected chi connectivity index (χ0v) is 15.1. The second kappa shape index (κ2) is 6.70.